The van der Waals surface area contributed by atoms with Crippen LogP contribution >= 0.6 is 0 Å². The minimum absolute atomic E-state index is 0.214. The molecule has 0 saturated heterocycles. The third kappa shape index (κ3) is 4.79. The van der Waals surface area contributed by atoms with Crippen molar-refractivity contribution in [3.63, 3.8) is 0 Å². The molecule has 2 rings (SSSR count). The van der Waals surface area contributed by atoms with Crippen LogP contribution in [0.3, 0.4) is 0 Å². The molecule has 0 aromatic heterocycles. The molecule has 2 aromatic rings. The fraction of sp³-hybridized carbons (Fsp3) is 0.167. The van der Waals surface area contributed by atoms with Crippen molar-refractivity contribution in [2.24, 2.45) is 10.8 Å². The lowest BCUT2D eigenvalue weighted by atomic mass is 10.1. The Bertz CT molecular complexity index is 991. The third-order valence-corrected chi connectivity index (χ3v) is 3.75. The first kappa shape index (κ1) is 19.4. The number of nitrogens with two attached hydrogens (primary N) is 1. The highest BCUT2D eigenvalue weighted by Gasteiger charge is 2.13. The van der Waals surface area contributed by atoms with Gasteiger partial charge in [0.15, 0.2) is 5.84 Å². The van der Waals surface area contributed by atoms with E-state index in [1.807, 2.05) is 32.9 Å². The van der Waals surface area contributed by atoms with Crippen molar-refractivity contribution < 1.29 is 9.66 Å². The summed E-state index contributed by atoms with van der Waals surface area (Å²) in [6, 6.07) is 9.55. The minimum Gasteiger partial charge on any atom is -0.457 e. The molecule has 0 radical (unpaired) electrons. The number of nitriles is 1. The lowest BCUT2D eigenvalue weighted by molar-refractivity contribution is -0.384. The predicted molar refractivity (Wildman–Crippen MR) is 102 cm³/mol. The van der Waals surface area contributed by atoms with Crippen LogP contribution in [0.25, 0.3) is 0 Å². The second-order valence-corrected chi connectivity index (χ2v) is 5.88. The average Bonchev–Trinajstić information content (AvgIpc) is 2.59. The molecule has 0 unspecified atom stereocenters. The number of nitrogens with zero attached hydrogens (tertiary/aromatic N) is 3. The molecule has 9 nitrogen and oxygen atoms in total. The van der Waals surface area contributed by atoms with Crippen LogP contribution in [0, 0.1) is 47.6 Å². The zero-order valence-corrected chi connectivity index (χ0v) is 15.0. The zero-order valence-electron chi connectivity index (χ0n) is 15.0. The van der Waals surface area contributed by atoms with Crippen LogP contribution < -0.4 is 15.9 Å². The quantitative estimate of drug-likeness (QED) is 0.308. The Morgan fingerprint density at radius 1 is 1.30 bits per heavy atom. The number of hydrazone groups is 1. The van der Waals surface area contributed by atoms with Crippen LogP contribution in [0.1, 0.15) is 16.7 Å². The van der Waals surface area contributed by atoms with E-state index in [9.17, 15) is 10.1 Å². The molecule has 0 heterocycles. The van der Waals surface area contributed by atoms with Crippen molar-refractivity contribution in [2.45, 2.75) is 20.8 Å². The first-order valence-electron chi connectivity index (χ1n) is 7.84. The van der Waals surface area contributed by atoms with Crippen molar-refractivity contribution in [1.82, 2.24) is 0 Å². The molecule has 27 heavy (non-hydrogen) atoms. The maximum atomic E-state index is 11.2. The van der Waals surface area contributed by atoms with Gasteiger partial charge in [0, 0.05) is 12.1 Å². The Labute approximate surface area is 155 Å². The van der Waals surface area contributed by atoms with Crippen LogP contribution in [-0.2, 0) is 0 Å². The largest absolute Gasteiger partial charge is 0.457 e. The van der Waals surface area contributed by atoms with Gasteiger partial charge in [0.05, 0.1) is 16.7 Å². The Hall–Kier alpha value is -3.93. The van der Waals surface area contributed by atoms with Crippen molar-refractivity contribution >= 4 is 22.9 Å². The standard InChI is InChI=1S/C18H18N6O3/c1-10-4-11(2)12(3)17(5-10)27-15-7-13(6-14(8-15)24(25)26)22-23-16(9-19)18(20)21/h4-8,22H,1-3H3,(H3,20,21)/b23-16+. The fourth-order valence-corrected chi connectivity index (χ4v) is 2.31. The molecular formula is C18H18N6O3. The molecule has 0 saturated carbocycles. The highest BCUT2D eigenvalue weighted by atomic mass is 16.6. The monoisotopic (exact) mass is 366 g/mol. The van der Waals surface area contributed by atoms with Gasteiger partial charge in [-0.3, -0.25) is 20.9 Å². The summed E-state index contributed by atoms with van der Waals surface area (Å²) in [5.74, 6) is 0.304. The molecule has 0 spiro atoms. The summed E-state index contributed by atoms with van der Waals surface area (Å²) in [7, 11) is 0. The number of ether oxygens (including phenoxy) is 1. The van der Waals surface area contributed by atoms with Crippen LogP contribution in [0.15, 0.2) is 35.4 Å². The second kappa shape index (κ2) is 7.97. The van der Waals surface area contributed by atoms with E-state index in [-0.39, 0.29) is 22.8 Å². The van der Waals surface area contributed by atoms with Crippen LogP contribution in [0.4, 0.5) is 11.4 Å². The summed E-state index contributed by atoms with van der Waals surface area (Å²) in [5, 5.41) is 31.0. The summed E-state index contributed by atoms with van der Waals surface area (Å²) in [6.07, 6.45) is 0. The van der Waals surface area contributed by atoms with Gasteiger partial charge in [-0.1, -0.05) is 6.07 Å². The molecule has 2 aromatic carbocycles. The van der Waals surface area contributed by atoms with Crippen molar-refractivity contribution in [3.8, 4) is 17.6 Å². The maximum absolute atomic E-state index is 11.2. The number of hydrogen-bond donors (Lipinski definition) is 3. The number of rotatable bonds is 6. The van der Waals surface area contributed by atoms with E-state index in [4.69, 9.17) is 21.1 Å². The number of nitrogens with one attached hydrogen (secondary N) is 2. The van der Waals surface area contributed by atoms with E-state index in [0.717, 1.165) is 16.7 Å². The number of anilines is 1. The number of nitro benzene ring substituents is 1. The van der Waals surface area contributed by atoms with Gasteiger partial charge in [-0.2, -0.15) is 10.4 Å². The van der Waals surface area contributed by atoms with Gasteiger partial charge >= 0.3 is 0 Å². The molecule has 0 fully saturated rings. The van der Waals surface area contributed by atoms with Gasteiger partial charge in [-0.25, -0.2) is 0 Å². The van der Waals surface area contributed by atoms with E-state index in [0.29, 0.717) is 5.75 Å². The molecule has 138 valence electrons. The van der Waals surface area contributed by atoms with Crippen LogP contribution in [0.2, 0.25) is 0 Å². The summed E-state index contributed by atoms with van der Waals surface area (Å²) in [4.78, 5) is 10.7. The van der Waals surface area contributed by atoms with Gasteiger partial charge in [0.25, 0.3) is 5.69 Å². The minimum atomic E-state index is -0.563. The normalized spacial score (nSPS) is 10.8. The van der Waals surface area contributed by atoms with E-state index in [1.54, 1.807) is 6.07 Å². The molecule has 9 heteroatoms. The Balaban J connectivity index is 2.43. The molecule has 4 N–H and O–H groups in total. The lowest BCUT2D eigenvalue weighted by Gasteiger charge is -2.13. The summed E-state index contributed by atoms with van der Waals surface area (Å²) in [6.45, 7) is 5.78. The van der Waals surface area contributed by atoms with Gasteiger partial charge < -0.3 is 10.5 Å². The Morgan fingerprint density at radius 3 is 2.59 bits per heavy atom. The number of hydrogen-bond acceptors (Lipinski definition) is 7. The topological polar surface area (TPSA) is 150 Å². The summed E-state index contributed by atoms with van der Waals surface area (Å²) < 4.78 is 5.86. The van der Waals surface area contributed by atoms with E-state index in [2.05, 4.69) is 10.5 Å². The molecule has 0 bridgehead atoms. The SMILES string of the molecule is Cc1cc(C)c(C)c(Oc2cc(N/N=C(\C#N)C(=N)N)cc([N+](=O)[O-])c2)c1. The molecule has 0 aliphatic heterocycles. The maximum Gasteiger partial charge on any atom is 0.275 e. The molecule has 0 atom stereocenters. The average molecular weight is 366 g/mol. The number of benzene rings is 2. The third-order valence-electron chi connectivity index (χ3n) is 3.75. The van der Waals surface area contributed by atoms with E-state index < -0.39 is 10.8 Å². The summed E-state index contributed by atoms with van der Waals surface area (Å²) >= 11 is 0. The van der Waals surface area contributed by atoms with Gasteiger partial charge in [0.2, 0.25) is 5.71 Å². The van der Waals surface area contributed by atoms with Crippen LogP contribution in [-0.4, -0.2) is 16.5 Å². The number of aryl methyl sites for hydroxylation is 2. The number of amidine groups is 1. The smallest absolute Gasteiger partial charge is 0.275 e. The van der Waals surface area contributed by atoms with Crippen molar-refractivity contribution in [2.75, 3.05) is 5.43 Å². The highest BCUT2D eigenvalue weighted by Crippen LogP contribution is 2.32. The second-order valence-electron chi connectivity index (χ2n) is 5.88. The predicted octanol–water partition coefficient (Wildman–Crippen LogP) is 3.54. The number of nitro groups is 1. The highest BCUT2D eigenvalue weighted by molar-refractivity contribution is 6.45. The number of non-ortho nitro benzene ring substituents is 1. The van der Waals surface area contributed by atoms with Gasteiger partial charge in [-0.05, 0) is 43.5 Å². The first-order valence-corrected chi connectivity index (χ1v) is 7.84. The summed E-state index contributed by atoms with van der Waals surface area (Å²) in [5.41, 5.74) is 10.3. The van der Waals surface area contributed by atoms with E-state index in [1.165, 1.54) is 18.2 Å². The lowest BCUT2D eigenvalue weighted by Crippen LogP contribution is -2.21. The van der Waals surface area contributed by atoms with Gasteiger partial charge in [-0.15, -0.1) is 0 Å². The Kier molecular flexibility index (Phi) is 5.72. The molecule has 0 aliphatic rings. The van der Waals surface area contributed by atoms with E-state index >= 15 is 0 Å². The molecule has 0 amide bonds. The molecular weight excluding hydrogens is 348 g/mol. The molecule has 0 aliphatic carbocycles. The van der Waals surface area contributed by atoms with Crippen molar-refractivity contribution in [3.05, 3.63) is 57.1 Å². The van der Waals surface area contributed by atoms with Gasteiger partial charge in [0.1, 0.15) is 17.6 Å². The Morgan fingerprint density at radius 2 is 2.00 bits per heavy atom. The first-order chi connectivity index (χ1) is 12.7. The van der Waals surface area contributed by atoms with Crippen LogP contribution in [0.5, 0.6) is 11.5 Å². The fourth-order valence-electron chi connectivity index (χ4n) is 2.31. The zero-order chi connectivity index (χ0) is 20.1. The van der Waals surface area contributed by atoms with Crippen molar-refractivity contribution in [1.29, 1.82) is 10.7 Å².